The average molecular weight is 468 g/mol. The molecule has 0 bridgehead atoms. The lowest BCUT2D eigenvalue weighted by Crippen LogP contribution is -2.70. The first-order chi connectivity index (χ1) is 14.4. The molecule has 1 aliphatic rings. The Hall–Kier alpha value is -2.49. The number of amides is 2. The van der Waals surface area contributed by atoms with E-state index >= 15 is 0 Å². The van der Waals surface area contributed by atoms with E-state index in [1.807, 2.05) is 0 Å². The molecular weight excluding hydrogens is 445 g/mol. The van der Waals surface area contributed by atoms with Gasteiger partial charge in [0, 0.05) is 23.8 Å². The number of nitrogens with zero attached hydrogens (tertiary/aromatic N) is 2. The van der Waals surface area contributed by atoms with E-state index in [0.717, 1.165) is 10.6 Å². The lowest BCUT2D eigenvalue weighted by molar-refractivity contribution is -0.133. The smallest absolute Gasteiger partial charge is 0.247 e. The van der Waals surface area contributed by atoms with Gasteiger partial charge in [-0.15, -0.1) is 0 Å². The Kier molecular flexibility index (Phi) is 6.40. The van der Waals surface area contributed by atoms with E-state index in [0.29, 0.717) is 21.8 Å². The quantitative estimate of drug-likeness (QED) is 0.731. The van der Waals surface area contributed by atoms with E-state index in [2.05, 4.69) is 5.32 Å². The van der Waals surface area contributed by atoms with Gasteiger partial charge in [-0.2, -0.15) is 4.31 Å². The molecule has 2 aromatic carbocycles. The Labute approximate surface area is 185 Å². The number of aryl methyl sites for hydroxylation is 1. The van der Waals surface area contributed by atoms with Crippen LogP contribution in [0.1, 0.15) is 18.1 Å². The van der Waals surface area contributed by atoms with E-state index in [1.54, 1.807) is 25.1 Å². The average Bonchev–Trinajstić information content (AvgIpc) is 2.68. The Morgan fingerprint density at radius 2 is 1.87 bits per heavy atom. The summed E-state index contributed by atoms with van der Waals surface area (Å²) in [5.74, 6) is -1.48. The monoisotopic (exact) mass is 467 g/mol. The fraction of sp³-hybridized carbons (Fsp3) is 0.333. The van der Waals surface area contributed by atoms with Crippen molar-refractivity contribution in [3.05, 3.63) is 64.4 Å². The topological polar surface area (TPSA) is 86.8 Å². The van der Waals surface area contributed by atoms with Gasteiger partial charge in [-0.05, 0) is 49.2 Å². The standard InChI is InChI=1S/C21H23ClFN3O4S/c1-14-4-7-16(22)10-18(14)26-19(27)12-25(31(3,29)30)13-21(26,2)20(28)24-11-15-5-8-17(23)9-6-15/h4-10H,11-13H2,1-3H3,(H,24,28)/t21-/m1/s1. The van der Waals surface area contributed by atoms with Gasteiger partial charge in [-0.1, -0.05) is 29.8 Å². The van der Waals surface area contributed by atoms with Crippen LogP contribution in [0, 0.1) is 12.7 Å². The van der Waals surface area contributed by atoms with Crippen LogP contribution in [-0.2, 0) is 26.2 Å². The molecular formula is C21H23ClFN3O4S. The maximum Gasteiger partial charge on any atom is 0.247 e. The van der Waals surface area contributed by atoms with Gasteiger partial charge >= 0.3 is 0 Å². The van der Waals surface area contributed by atoms with Gasteiger partial charge in [0.15, 0.2) is 0 Å². The summed E-state index contributed by atoms with van der Waals surface area (Å²) in [6.07, 6.45) is 0.997. The van der Waals surface area contributed by atoms with Crippen LogP contribution in [0.4, 0.5) is 10.1 Å². The van der Waals surface area contributed by atoms with Crippen LogP contribution < -0.4 is 10.2 Å². The Morgan fingerprint density at radius 3 is 2.48 bits per heavy atom. The number of hydrogen-bond acceptors (Lipinski definition) is 4. The minimum Gasteiger partial charge on any atom is -0.350 e. The second-order valence-corrected chi connectivity index (χ2v) is 10.2. The molecule has 166 valence electrons. The first-order valence-electron chi connectivity index (χ1n) is 9.49. The van der Waals surface area contributed by atoms with E-state index in [4.69, 9.17) is 11.6 Å². The van der Waals surface area contributed by atoms with Crippen molar-refractivity contribution in [2.75, 3.05) is 24.2 Å². The van der Waals surface area contributed by atoms with Gasteiger partial charge in [0.25, 0.3) is 0 Å². The summed E-state index contributed by atoms with van der Waals surface area (Å²) in [7, 11) is -3.72. The molecule has 0 spiro atoms. The van der Waals surface area contributed by atoms with E-state index < -0.39 is 33.2 Å². The first-order valence-corrected chi connectivity index (χ1v) is 11.7. The zero-order valence-electron chi connectivity index (χ0n) is 17.4. The third-order valence-corrected chi connectivity index (χ3v) is 6.71. The number of anilines is 1. The number of piperazine rings is 1. The molecule has 1 atom stereocenters. The van der Waals surface area contributed by atoms with Crippen molar-refractivity contribution >= 4 is 39.1 Å². The molecule has 31 heavy (non-hydrogen) atoms. The maximum absolute atomic E-state index is 13.3. The summed E-state index contributed by atoms with van der Waals surface area (Å²) >= 11 is 6.14. The number of carbonyl (C=O) groups excluding carboxylic acids is 2. The lowest BCUT2D eigenvalue weighted by Gasteiger charge is -2.47. The predicted octanol–water partition coefficient (Wildman–Crippen LogP) is 2.47. The fourth-order valence-electron chi connectivity index (χ4n) is 3.57. The molecule has 0 aliphatic carbocycles. The van der Waals surface area contributed by atoms with Crippen LogP contribution in [0.5, 0.6) is 0 Å². The molecule has 1 heterocycles. The predicted molar refractivity (Wildman–Crippen MR) is 117 cm³/mol. The zero-order chi connectivity index (χ0) is 23.0. The van der Waals surface area contributed by atoms with Gasteiger partial charge in [0.05, 0.1) is 12.8 Å². The molecule has 10 heteroatoms. The van der Waals surface area contributed by atoms with Crippen LogP contribution in [0.2, 0.25) is 5.02 Å². The molecule has 0 saturated carbocycles. The number of carbonyl (C=O) groups is 2. The Bertz CT molecular complexity index is 1120. The molecule has 2 aromatic rings. The van der Waals surface area contributed by atoms with Crippen molar-refractivity contribution in [2.45, 2.75) is 25.9 Å². The van der Waals surface area contributed by atoms with Gasteiger partial charge in [-0.3, -0.25) is 14.5 Å². The third-order valence-electron chi connectivity index (χ3n) is 5.28. The van der Waals surface area contributed by atoms with Crippen LogP contribution in [0.15, 0.2) is 42.5 Å². The normalized spacial score (nSPS) is 20.0. The molecule has 1 fully saturated rings. The molecule has 3 rings (SSSR count). The van der Waals surface area contributed by atoms with E-state index in [-0.39, 0.29) is 19.6 Å². The van der Waals surface area contributed by atoms with Crippen molar-refractivity contribution in [1.82, 2.24) is 9.62 Å². The molecule has 0 radical (unpaired) electrons. The highest BCUT2D eigenvalue weighted by molar-refractivity contribution is 7.88. The summed E-state index contributed by atoms with van der Waals surface area (Å²) in [5, 5.41) is 3.13. The summed E-state index contributed by atoms with van der Waals surface area (Å²) in [6, 6.07) is 10.6. The maximum atomic E-state index is 13.3. The van der Waals surface area contributed by atoms with Gasteiger partial charge < -0.3 is 5.32 Å². The van der Waals surface area contributed by atoms with Gasteiger partial charge in [0.2, 0.25) is 21.8 Å². The highest BCUT2D eigenvalue weighted by Gasteiger charge is 2.50. The highest BCUT2D eigenvalue weighted by Crippen LogP contribution is 2.34. The van der Waals surface area contributed by atoms with Crippen molar-refractivity contribution < 1.29 is 22.4 Å². The van der Waals surface area contributed by atoms with Crippen LogP contribution in [-0.4, -0.2) is 49.4 Å². The minimum atomic E-state index is -3.72. The number of sulfonamides is 1. The number of hydrogen-bond donors (Lipinski definition) is 1. The molecule has 1 N–H and O–H groups in total. The molecule has 1 aliphatic heterocycles. The largest absolute Gasteiger partial charge is 0.350 e. The number of rotatable bonds is 5. The SMILES string of the molecule is Cc1ccc(Cl)cc1N1C(=O)CN(S(C)(=O)=O)C[C@]1(C)C(=O)NCc1ccc(F)cc1. The van der Waals surface area contributed by atoms with Crippen LogP contribution in [0.3, 0.4) is 0 Å². The van der Waals surface area contributed by atoms with Crippen molar-refractivity contribution in [1.29, 1.82) is 0 Å². The van der Waals surface area contributed by atoms with Crippen molar-refractivity contribution in [2.24, 2.45) is 0 Å². The number of nitrogens with one attached hydrogen (secondary N) is 1. The summed E-state index contributed by atoms with van der Waals surface area (Å²) in [4.78, 5) is 27.7. The van der Waals surface area contributed by atoms with Crippen LogP contribution in [0.25, 0.3) is 0 Å². The molecule has 2 amide bonds. The molecule has 0 unspecified atom stereocenters. The van der Waals surface area contributed by atoms with Crippen molar-refractivity contribution in [3.8, 4) is 0 Å². The number of benzene rings is 2. The highest BCUT2D eigenvalue weighted by atomic mass is 35.5. The Morgan fingerprint density at radius 1 is 1.23 bits per heavy atom. The van der Waals surface area contributed by atoms with E-state index in [1.165, 1.54) is 36.1 Å². The third kappa shape index (κ3) is 4.89. The van der Waals surface area contributed by atoms with Crippen molar-refractivity contribution in [3.63, 3.8) is 0 Å². The summed E-state index contributed by atoms with van der Waals surface area (Å²) in [6.45, 7) is 2.77. The number of halogens is 2. The first kappa shape index (κ1) is 23.2. The van der Waals surface area contributed by atoms with Crippen LogP contribution >= 0.6 is 11.6 Å². The molecule has 0 aromatic heterocycles. The Balaban J connectivity index is 1.99. The van der Waals surface area contributed by atoms with Gasteiger partial charge in [-0.25, -0.2) is 12.8 Å². The van der Waals surface area contributed by atoms with E-state index in [9.17, 15) is 22.4 Å². The molecule has 7 nitrogen and oxygen atoms in total. The summed E-state index contributed by atoms with van der Waals surface area (Å²) in [5.41, 5.74) is 0.271. The second kappa shape index (κ2) is 8.57. The second-order valence-electron chi connectivity index (χ2n) is 7.77. The summed E-state index contributed by atoms with van der Waals surface area (Å²) < 4.78 is 38.5. The zero-order valence-corrected chi connectivity index (χ0v) is 18.9. The fourth-order valence-corrected chi connectivity index (χ4v) is 4.57. The lowest BCUT2D eigenvalue weighted by atomic mass is 9.93. The minimum absolute atomic E-state index is 0.0874. The molecule has 1 saturated heterocycles. The van der Waals surface area contributed by atoms with Gasteiger partial charge in [0.1, 0.15) is 11.4 Å².